The molecule has 5 heteroatoms. The number of nitrogens with one attached hydrogen (secondary N) is 1. The van der Waals surface area contributed by atoms with E-state index in [2.05, 4.69) is 10.4 Å². The van der Waals surface area contributed by atoms with E-state index in [1.165, 1.54) is 19.2 Å². The van der Waals surface area contributed by atoms with Gasteiger partial charge in [-0.3, -0.25) is 9.59 Å². The second-order valence-corrected chi connectivity index (χ2v) is 4.00. The van der Waals surface area contributed by atoms with E-state index in [1.54, 1.807) is 6.07 Å². The molecule has 0 fully saturated rings. The van der Waals surface area contributed by atoms with Gasteiger partial charge in [-0.1, -0.05) is 12.1 Å². The third-order valence-corrected chi connectivity index (χ3v) is 2.47. The first-order chi connectivity index (χ1) is 8.56. The van der Waals surface area contributed by atoms with E-state index < -0.39 is 0 Å². The normalized spacial score (nSPS) is 10.1. The molecule has 5 nitrogen and oxygen atoms in total. The summed E-state index contributed by atoms with van der Waals surface area (Å²) in [4.78, 5) is 23.1. The average Bonchev–Trinajstić information content (AvgIpc) is 2.32. The lowest BCUT2D eigenvalue weighted by atomic mass is 10.2. The lowest BCUT2D eigenvalue weighted by Gasteiger charge is -2.05. The Labute approximate surface area is 104 Å². The van der Waals surface area contributed by atoms with Gasteiger partial charge in [0, 0.05) is 18.8 Å². The first-order valence-corrected chi connectivity index (χ1v) is 5.48. The van der Waals surface area contributed by atoms with Gasteiger partial charge in [0.25, 0.3) is 11.5 Å². The zero-order valence-electron chi connectivity index (χ0n) is 10.2. The maximum absolute atomic E-state index is 11.9. The van der Waals surface area contributed by atoms with Crippen molar-refractivity contribution in [2.24, 2.45) is 7.05 Å². The van der Waals surface area contributed by atoms with Crippen LogP contribution in [-0.4, -0.2) is 15.7 Å². The number of carbonyl (C=O) groups is 1. The Bertz CT molecular complexity index is 647. The van der Waals surface area contributed by atoms with Crippen LogP contribution in [0, 0.1) is 6.92 Å². The number of rotatable bonds is 2. The molecule has 0 unspecified atom stereocenters. The summed E-state index contributed by atoms with van der Waals surface area (Å²) >= 11 is 0. The van der Waals surface area contributed by atoms with Gasteiger partial charge in [0.15, 0.2) is 0 Å². The Hall–Kier alpha value is -2.43. The molecular formula is C13H13N3O2. The lowest BCUT2D eigenvalue weighted by molar-refractivity contribution is 0.102. The highest BCUT2D eigenvalue weighted by Crippen LogP contribution is 2.10. The maximum atomic E-state index is 11.9. The summed E-state index contributed by atoms with van der Waals surface area (Å²) in [5, 5.41) is 6.61. The second-order valence-electron chi connectivity index (χ2n) is 4.00. The Morgan fingerprint density at radius 2 is 2.06 bits per heavy atom. The molecule has 1 amide bonds. The molecule has 92 valence electrons. The molecule has 0 atom stereocenters. The highest BCUT2D eigenvalue weighted by Gasteiger charge is 2.08. The van der Waals surface area contributed by atoms with E-state index in [0.717, 1.165) is 10.2 Å². The van der Waals surface area contributed by atoms with E-state index in [4.69, 9.17) is 0 Å². The fourth-order valence-electron chi connectivity index (χ4n) is 1.54. The molecule has 0 aliphatic heterocycles. The van der Waals surface area contributed by atoms with Crippen LogP contribution in [0.5, 0.6) is 0 Å². The van der Waals surface area contributed by atoms with Gasteiger partial charge in [-0.05, 0) is 30.7 Å². The molecule has 1 aromatic heterocycles. The van der Waals surface area contributed by atoms with Crippen molar-refractivity contribution in [2.45, 2.75) is 6.92 Å². The smallest absolute Gasteiger partial charge is 0.276 e. The summed E-state index contributed by atoms with van der Waals surface area (Å²) in [7, 11) is 1.51. The fraction of sp³-hybridized carbons (Fsp3) is 0.154. The largest absolute Gasteiger partial charge is 0.321 e. The maximum Gasteiger partial charge on any atom is 0.276 e. The van der Waals surface area contributed by atoms with Gasteiger partial charge in [-0.15, -0.1) is 0 Å². The molecule has 1 N–H and O–H groups in total. The highest BCUT2D eigenvalue weighted by atomic mass is 16.2. The molecule has 0 aliphatic rings. The lowest BCUT2D eigenvalue weighted by Crippen LogP contribution is -2.23. The van der Waals surface area contributed by atoms with E-state index in [9.17, 15) is 9.59 Å². The van der Waals surface area contributed by atoms with Crippen LogP contribution in [0.2, 0.25) is 0 Å². The summed E-state index contributed by atoms with van der Waals surface area (Å²) < 4.78 is 1.13. The van der Waals surface area contributed by atoms with Crippen molar-refractivity contribution in [1.82, 2.24) is 9.78 Å². The van der Waals surface area contributed by atoms with Crippen molar-refractivity contribution in [2.75, 3.05) is 5.32 Å². The number of aryl methyl sites for hydroxylation is 2. The van der Waals surface area contributed by atoms with Crippen molar-refractivity contribution >= 4 is 11.6 Å². The number of nitrogens with zero attached hydrogens (tertiary/aromatic N) is 2. The van der Waals surface area contributed by atoms with Crippen molar-refractivity contribution in [3.8, 4) is 0 Å². The predicted octanol–water partition coefficient (Wildman–Crippen LogP) is 1.34. The molecule has 0 spiro atoms. The zero-order chi connectivity index (χ0) is 13.1. The van der Waals surface area contributed by atoms with E-state index >= 15 is 0 Å². The van der Waals surface area contributed by atoms with Crippen LogP contribution in [0.25, 0.3) is 0 Å². The van der Waals surface area contributed by atoms with Gasteiger partial charge < -0.3 is 5.32 Å². The van der Waals surface area contributed by atoms with Crippen LogP contribution in [-0.2, 0) is 7.05 Å². The Morgan fingerprint density at radius 1 is 1.28 bits per heavy atom. The number of benzene rings is 1. The van der Waals surface area contributed by atoms with Crippen LogP contribution >= 0.6 is 0 Å². The molecule has 1 aromatic carbocycles. The third kappa shape index (κ3) is 2.63. The molecule has 0 saturated carbocycles. The van der Waals surface area contributed by atoms with Crippen molar-refractivity contribution in [3.63, 3.8) is 0 Å². The minimum absolute atomic E-state index is 0.207. The predicted molar refractivity (Wildman–Crippen MR) is 68.6 cm³/mol. The van der Waals surface area contributed by atoms with Gasteiger partial charge in [0.05, 0.1) is 0 Å². The zero-order valence-corrected chi connectivity index (χ0v) is 10.2. The SMILES string of the molecule is Cc1cccc(NC(=O)c2ccc(=O)n(C)n2)c1. The van der Waals surface area contributed by atoms with Crippen LogP contribution in [0.15, 0.2) is 41.2 Å². The summed E-state index contributed by atoms with van der Waals surface area (Å²) in [5.41, 5.74) is 1.72. The number of hydrogen-bond donors (Lipinski definition) is 1. The summed E-state index contributed by atoms with van der Waals surface area (Å²) in [6.45, 7) is 1.94. The van der Waals surface area contributed by atoms with Gasteiger partial charge in [-0.2, -0.15) is 5.10 Å². The summed E-state index contributed by atoms with van der Waals surface area (Å²) in [6, 6.07) is 10.2. The minimum Gasteiger partial charge on any atom is -0.321 e. The number of amides is 1. The van der Waals surface area contributed by atoms with Crippen LogP contribution in [0.3, 0.4) is 0 Å². The van der Waals surface area contributed by atoms with Gasteiger partial charge in [-0.25, -0.2) is 4.68 Å². The van der Waals surface area contributed by atoms with Crippen LogP contribution in [0.1, 0.15) is 16.1 Å². The monoisotopic (exact) mass is 243 g/mol. The highest BCUT2D eigenvalue weighted by molar-refractivity contribution is 6.02. The molecule has 0 radical (unpaired) electrons. The molecule has 0 aliphatic carbocycles. The molecule has 2 rings (SSSR count). The van der Waals surface area contributed by atoms with Crippen molar-refractivity contribution < 1.29 is 4.79 Å². The Balaban J connectivity index is 2.22. The van der Waals surface area contributed by atoms with Crippen molar-refractivity contribution in [1.29, 1.82) is 0 Å². The number of hydrogen-bond acceptors (Lipinski definition) is 3. The van der Waals surface area contributed by atoms with E-state index in [-0.39, 0.29) is 17.2 Å². The number of aromatic nitrogens is 2. The first kappa shape index (κ1) is 12.0. The number of carbonyl (C=O) groups excluding carboxylic acids is 1. The quantitative estimate of drug-likeness (QED) is 0.865. The molecule has 0 saturated heterocycles. The average molecular weight is 243 g/mol. The van der Waals surface area contributed by atoms with Gasteiger partial charge in [0.2, 0.25) is 0 Å². The van der Waals surface area contributed by atoms with Gasteiger partial charge in [0.1, 0.15) is 5.69 Å². The molecule has 18 heavy (non-hydrogen) atoms. The number of anilines is 1. The molecule has 0 bridgehead atoms. The molecule has 2 aromatic rings. The first-order valence-electron chi connectivity index (χ1n) is 5.48. The van der Waals surface area contributed by atoms with Crippen LogP contribution < -0.4 is 10.9 Å². The molecule has 1 heterocycles. The minimum atomic E-state index is -0.337. The molecular weight excluding hydrogens is 230 g/mol. The standard InChI is InChI=1S/C13H13N3O2/c1-9-4-3-5-10(8-9)14-13(18)11-6-7-12(17)16(2)15-11/h3-8H,1-2H3,(H,14,18). The van der Waals surface area contributed by atoms with Crippen LogP contribution in [0.4, 0.5) is 5.69 Å². The second kappa shape index (κ2) is 4.83. The van der Waals surface area contributed by atoms with E-state index in [1.807, 2.05) is 25.1 Å². The third-order valence-electron chi connectivity index (χ3n) is 2.47. The Kier molecular flexibility index (Phi) is 3.23. The fourth-order valence-corrected chi connectivity index (χ4v) is 1.54. The topological polar surface area (TPSA) is 64.0 Å². The summed E-state index contributed by atoms with van der Waals surface area (Å²) in [5.74, 6) is -0.337. The van der Waals surface area contributed by atoms with E-state index in [0.29, 0.717) is 5.69 Å². The summed E-state index contributed by atoms with van der Waals surface area (Å²) in [6.07, 6.45) is 0. The van der Waals surface area contributed by atoms with Gasteiger partial charge >= 0.3 is 0 Å². The van der Waals surface area contributed by atoms with Crippen molar-refractivity contribution in [3.05, 3.63) is 58.0 Å². The Morgan fingerprint density at radius 3 is 2.72 bits per heavy atom.